The summed E-state index contributed by atoms with van der Waals surface area (Å²) in [6.45, 7) is 5.71. The van der Waals surface area contributed by atoms with Gasteiger partial charge in [0, 0.05) is 36.3 Å². The first-order valence-corrected chi connectivity index (χ1v) is 7.89. The van der Waals surface area contributed by atoms with Crippen molar-refractivity contribution >= 4 is 17.6 Å². The molecular formula is C16H23ClN2O3. The molecule has 5 nitrogen and oxygen atoms in total. The molecule has 1 saturated heterocycles. The molecular weight excluding hydrogens is 304 g/mol. The second-order valence-electron chi connectivity index (χ2n) is 5.87. The minimum atomic E-state index is -0.981. The van der Waals surface area contributed by atoms with Gasteiger partial charge in [-0.25, -0.2) is 4.79 Å². The minimum absolute atomic E-state index is 0.340. The lowest BCUT2D eigenvalue weighted by Gasteiger charge is -2.28. The van der Waals surface area contributed by atoms with Crippen molar-refractivity contribution in [2.75, 3.05) is 33.3 Å². The van der Waals surface area contributed by atoms with Crippen molar-refractivity contribution in [2.45, 2.75) is 25.9 Å². The maximum atomic E-state index is 10.7. The normalized spacial score (nSPS) is 20.6. The SMILES string of the molecule is CC1CN(C)CCCN1Cc1cc(Cl)ccc1OCC(=O)O. The van der Waals surface area contributed by atoms with E-state index in [2.05, 4.69) is 23.8 Å². The number of ether oxygens (including phenoxy) is 1. The van der Waals surface area contributed by atoms with Gasteiger partial charge in [-0.3, -0.25) is 4.90 Å². The van der Waals surface area contributed by atoms with E-state index in [9.17, 15) is 4.79 Å². The number of halogens is 1. The van der Waals surface area contributed by atoms with E-state index in [0.29, 0.717) is 23.4 Å². The average molecular weight is 327 g/mol. The fraction of sp³-hybridized carbons (Fsp3) is 0.562. The Morgan fingerprint density at radius 1 is 1.45 bits per heavy atom. The van der Waals surface area contributed by atoms with Crippen LogP contribution in [-0.4, -0.2) is 60.2 Å². The molecule has 1 aliphatic heterocycles. The van der Waals surface area contributed by atoms with E-state index in [1.807, 2.05) is 6.07 Å². The van der Waals surface area contributed by atoms with Crippen LogP contribution in [0.1, 0.15) is 18.9 Å². The van der Waals surface area contributed by atoms with Crippen molar-refractivity contribution in [3.05, 3.63) is 28.8 Å². The van der Waals surface area contributed by atoms with Gasteiger partial charge in [-0.2, -0.15) is 0 Å². The number of benzene rings is 1. The molecule has 1 atom stereocenters. The van der Waals surface area contributed by atoms with Gasteiger partial charge in [0.2, 0.25) is 0 Å². The Morgan fingerprint density at radius 2 is 2.23 bits per heavy atom. The third kappa shape index (κ3) is 4.87. The van der Waals surface area contributed by atoms with Gasteiger partial charge in [0.05, 0.1) is 0 Å². The van der Waals surface area contributed by atoms with Crippen LogP contribution in [0.25, 0.3) is 0 Å². The fourth-order valence-corrected chi connectivity index (χ4v) is 3.02. The molecule has 1 N–H and O–H groups in total. The van der Waals surface area contributed by atoms with Crippen LogP contribution in [0.2, 0.25) is 5.02 Å². The molecule has 2 rings (SSSR count). The zero-order valence-corrected chi connectivity index (χ0v) is 13.8. The van der Waals surface area contributed by atoms with Gasteiger partial charge in [-0.1, -0.05) is 11.6 Å². The topological polar surface area (TPSA) is 53.0 Å². The summed E-state index contributed by atoms with van der Waals surface area (Å²) in [6.07, 6.45) is 1.12. The fourth-order valence-electron chi connectivity index (χ4n) is 2.83. The van der Waals surface area contributed by atoms with Crippen LogP contribution in [-0.2, 0) is 11.3 Å². The molecule has 0 aromatic heterocycles. The van der Waals surface area contributed by atoms with Crippen molar-refractivity contribution in [1.29, 1.82) is 0 Å². The number of rotatable bonds is 5. The Labute approximate surface area is 136 Å². The Balaban J connectivity index is 2.12. The molecule has 0 spiro atoms. The van der Waals surface area contributed by atoms with E-state index >= 15 is 0 Å². The molecule has 1 aromatic rings. The molecule has 1 aromatic carbocycles. The maximum absolute atomic E-state index is 10.7. The monoisotopic (exact) mass is 326 g/mol. The summed E-state index contributed by atoms with van der Waals surface area (Å²) >= 11 is 6.09. The largest absolute Gasteiger partial charge is 0.482 e. The van der Waals surface area contributed by atoms with Gasteiger partial charge in [0.1, 0.15) is 5.75 Å². The molecule has 1 aliphatic rings. The number of carboxylic acids is 1. The van der Waals surface area contributed by atoms with E-state index in [1.165, 1.54) is 0 Å². The smallest absolute Gasteiger partial charge is 0.341 e. The Kier molecular flexibility index (Phi) is 6.06. The van der Waals surface area contributed by atoms with Gasteiger partial charge < -0.3 is 14.7 Å². The van der Waals surface area contributed by atoms with Crippen molar-refractivity contribution in [2.24, 2.45) is 0 Å². The van der Waals surface area contributed by atoms with Crippen LogP contribution in [0, 0.1) is 0 Å². The lowest BCUT2D eigenvalue weighted by molar-refractivity contribution is -0.139. The van der Waals surface area contributed by atoms with Crippen molar-refractivity contribution in [3.63, 3.8) is 0 Å². The molecule has 1 heterocycles. The Hall–Kier alpha value is -1.30. The average Bonchev–Trinajstić information content (AvgIpc) is 2.59. The highest BCUT2D eigenvalue weighted by Gasteiger charge is 2.21. The lowest BCUT2D eigenvalue weighted by Crippen LogP contribution is -2.37. The van der Waals surface area contributed by atoms with Gasteiger partial charge >= 0.3 is 5.97 Å². The molecule has 1 unspecified atom stereocenters. The van der Waals surface area contributed by atoms with Gasteiger partial charge in [0.15, 0.2) is 6.61 Å². The van der Waals surface area contributed by atoms with Crippen LogP contribution in [0.5, 0.6) is 5.75 Å². The van der Waals surface area contributed by atoms with Crippen molar-refractivity contribution in [1.82, 2.24) is 9.80 Å². The van der Waals surface area contributed by atoms with Crippen LogP contribution in [0.15, 0.2) is 18.2 Å². The predicted molar refractivity (Wildman–Crippen MR) is 86.6 cm³/mol. The molecule has 0 bridgehead atoms. The predicted octanol–water partition coefficient (Wildman–Crippen LogP) is 2.33. The van der Waals surface area contributed by atoms with Crippen LogP contribution >= 0.6 is 11.6 Å². The second kappa shape index (κ2) is 7.81. The number of carbonyl (C=O) groups is 1. The number of likely N-dealkylation sites (N-methyl/N-ethyl adjacent to an activating group) is 1. The lowest BCUT2D eigenvalue weighted by atomic mass is 10.1. The quantitative estimate of drug-likeness (QED) is 0.900. The number of carboxylic acid groups (broad SMARTS) is 1. The zero-order chi connectivity index (χ0) is 16.1. The van der Waals surface area contributed by atoms with Gasteiger partial charge in [0.25, 0.3) is 0 Å². The highest BCUT2D eigenvalue weighted by atomic mass is 35.5. The van der Waals surface area contributed by atoms with E-state index in [4.69, 9.17) is 21.4 Å². The summed E-state index contributed by atoms with van der Waals surface area (Å²) in [7, 11) is 2.14. The highest BCUT2D eigenvalue weighted by molar-refractivity contribution is 6.30. The standard InChI is InChI=1S/C16H23ClN2O3/c1-12-9-18(2)6-3-7-19(12)10-13-8-14(17)4-5-15(13)22-11-16(20)21/h4-5,8,12H,3,6-7,9-11H2,1-2H3,(H,20,21). The number of nitrogens with zero attached hydrogens (tertiary/aromatic N) is 2. The molecule has 0 radical (unpaired) electrons. The Morgan fingerprint density at radius 3 is 2.95 bits per heavy atom. The first kappa shape index (κ1) is 17.1. The number of hydrogen-bond acceptors (Lipinski definition) is 4. The van der Waals surface area contributed by atoms with E-state index < -0.39 is 5.97 Å². The minimum Gasteiger partial charge on any atom is -0.482 e. The van der Waals surface area contributed by atoms with Crippen LogP contribution in [0.4, 0.5) is 0 Å². The van der Waals surface area contributed by atoms with Crippen LogP contribution in [0.3, 0.4) is 0 Å². The van der Waals surface area contributed by atoms with Crippen molar-refractivity contribution < 1.29 is 14.6 Å². The molecule has 0 saturated carbocycles. The van der Waals surface area contributed by atoms with E-state index in [1.54, 1.807) is 12.1 Å². The summed E-state index contributed by atoms with van der Waals surface area (Å²) in [5, 5.41) is 9.42. The van der Waals surface area contributed by atoms with Crippen molar-refractivity contribution in [3.8, 4) is 5.75 Å². The third-order valence-corrected chi connectivity index (χ3v) is 4.17. The first-order chi connectivity index (χ1) is 10.5. The Bertz CT molecular complexity index is 524. The summed E-state index contributed by atoms with van der Waals surface area (Å²) in [5.41, 5.74) is 0.935. The molecule has 0 amide bonds. The molecule has 122 valence electrons. The summed E-state index contributed by atoms with van der Waals surface area (Å²) in [4.78, 5) is 15.4. The van der Waals surface area contributed by atoms with E-state index in [0.717, 1.165) is 31.6 Å². The van der Waals surface area contributed by atoms with Gasteiger partial charge in [-0.15, -0.1) is 0 Å². The van der Waals surface area contributed by atoms with E-state index in [-0.39, 0.29) is 6.61 Å². The molecule has 0 aliphatic carbocycles. The summed E-state index contributed by atoms with van der Waals surface area (Å²) in [5.74, 6) is -0.387. The summed E-state index contributed by atoms with van der Waals surface area (Å²) in [6, 6.07) is 5.76. The highest BCUT2D eigenvalue weighted by Crippen LogP contribution is 2.25. The summed E-state index contributed by atoms with van der Waals surface area (Å²) < 4.78 is 5.39. The molecule has 22 heavy (non-hydrogen) atoms. The third-order valence-electron chi connectivity index (χ3n) is 3.93. The molecule has 1 fully saturated rings. The number of hydrogen-bond donors (Lipinski definition) is 1. The maximum Gasteiger partial charge on any atom is 0.341 e. The molecule has 6 heteroatoms. The van der Waals surface area contributed by atoms with Gasteiger partial charge in [-0.05, 0) is 45.1 Å². The first-order valence-electron chi connectivity index (χ1n) is 7.51. The van der Waals surface area contributed by atoms with Crippen LogP contribution < -0.4 is 4.74 Å². The second-order valence-corrected chi connectivity index (χ2v) is 6.31. The zero-order valence-electron chi connectivity index (χ0n) is 13.1. The number of aliphatic carboxylic acids is 1.